The molecule has 0 bridgehead atoms. The summed E-state index contributed by atoms with van der Waals surface area (Å²) in [6.07, 6.45) is 0. The second kappa shape index (κ2) is 21.3. The van der Waals surface area contributed by atoms with Crippen molar-refractivity contribution in [3.63, 3.8) is 0 Å². The van der Waals surface area contributed by atoms with Crippen molar-refractivity contribution < 1.29 is 25.0 Å². The van der Waals surface area contributed by atoms with Crippen molar-refractivity contribution in [2.75, 3.05) is 0 Å². The molecule has 2 N–H and O–H groups in total. The molecule has 26 valence electrons. The summed E-state index contributed by atoms with van der Waals surface area (Å²) in [5, 5.41) is 0. The summed E-state index contributed by atoms with van der Waals surface area (Å²) in [5.74, 6) is 0. The van der Waals surface area contributed by atoms with Crippen molar-refractivity contribution in [3.8, 4) is 0 Å². The fraction of sp³-hybridized carbons (Fsp3) is 0. The van der Waals surface area contributed by atoms with E-state index in [-0.39, 0.29) is 64.7 Å². The zero-order chi connectivity index (χ0) is 0. The van der Waals surface area contributed by atoms with Gasteiger partial charge in [0.2, 0.25) is 0 Å². The third-order valence-corrected chi connectivity index (χ3v) is 0. The molecular weight excluding hydrogens is 322 g/mol. The van der Waals surface area contributed by atoms with Gasteiger partial charge in [-0.05, 0) is 0 Å². The summed E-state index contributed by atoms with van der Waals surface area (Å²) < 4.78 is 0. The van der Waals surface area contributed by atoms with Gasteiger partial charge in [-0.2, -0.15) is 13.5 Å². The number of rotatable bonds is 0. The first kappa shape index (κ1) is 40.9. The Labute approximate surface area is 64.2 Å². The molecule has 0 fully saturated rings. The molecule has 0 aliphatic carbocycles. The van der Waals surface area contributed by atoms with Crippen LogP contribution in [0.1, 0.15) is 0 Å². The van der Waals surface area contributed by atoms with E-state index >= 15 is 0 Å². The molecule has 4 heteroatoms. The standard InChI is InChI=1S/Bi.H2O.H2S.Zn.3H/h;2*1H2;;;;. The second-order valence-electron chi connectivity index (χ2n) is 0. The number of hydrogen-bond acceptors (Lipinski definition) is 0. The largest absolute Gasteiger partial charge is 0 e. The van der Waals surface area contributed by atoms with Crippen molar-refractivity contribution in [3.05, 3.63) is 0 Å². The van der Waals surface area contributed by atoms with Crippen molar-refractivity contribution >= 4 is 39.7 Å². The smallest absolute Gasteiger partial charge is 0 e. The van der Waals surface area contributed by atoms with Crippen LogP contribution in [-0.4, -0.2) is 31.7 Å². The van der Waals surface area contributed by atoms with E-state index in [2.05, 4.69) is 0 Å². The second-order valence-corrected chi connectivity index (χ2v) is 0. The molecule has 4 heavy (non-hydrogen) atoms. The molecule has 1 nitrogen and oxygen atoms in total. The molecule has 0 saturated heterocycles. The predicted molar refractivity (Wildman–Crippen MR) is 23.9 cm³/mol. The van der Waals surface area contributed by atoms with E-state index in [9.17, 15) is 0 Å². The maximum Gasteiger partial charge on any atom is 0 e. The first-order chi connectivity index (χ1) is 0. The Kier molecular flexibility index (Phi) is 217. The maximum atomic E-state index is 0. The average Bonchev–Trinajstić information content (AvgIpc) is 0. The summed E-state index contributed by atoms with van der Waals surface area (Å²) >= 11 is 0. The first-order valence-corrected chi connectivity index (χ1v) is 0. The maximum absolute atomic E-state index is 0. The van der Waals surface area contributed by atoms with Gasteiger partial charge in [-0.15, -0.1) is 0 Å². The van der Waals surface area contributed by atoms with Crippen molar-refractivity contribution in [1.82, 2.24) is 0 Å². The fourth-order valence-electron chi connectivity index (χ4n) is 0. The topological polar surface area (TPSA) is 31.5 Å². The van der Waals surface area contributed by atoms with E-state index in [1.54, 1.807) is 0 Å². The van der Waals surface area contributed by atoms with Gasteiger partial charge in [0.1, 0.15) is 0 Å². The minimum atomic E-state index is 0. The first-order valence-electron chi connectivity index (χ1n) is 0. The van der Waals surface area contributed by atoms with E-state index in [4.69, 9.17) is 0 Å². The Hall–Kier alpha value is 1.82. The van der Waals surface area contributed by atoms with E-state index in [1.165, 1.54) is 0 Å². The molecule has 0 aromatic rings. The van der Waals surface area contributed by atoms with Crippen LogP contribution in [0.25, 0.3) is 0 Å². The predicted octanol–water partition coefficient (Wildman–Crippen LogP) is -1.90. The van der Waals surface area contributed by atoms with Gasteiger partial charge in [-0.25, -0.2) is 0 Å². The average molecular weight is 329 g/mol. The monoisotopic (exact) mass is 328 g/mol. The molecule has 0 amide bonds. The van der Waals surface area contributed by atoms with Crippen LogP contribution in [0.2, 0.25) is 0 Å². The summed E-state index contributed by atoms with van der Waals surface area (Å²) in [7, 11) is 0. The van der Waals surface area contributed by atoms with Gasteiger partial charge in [0, 0.05) is 19.5 Å². The van der Waals surface area contributed by atoms with Crippen LogP contribution in [0.15, 0.2) is 0 Å². The minimum absolute atomic E-state index is 0. The van der Waals surface area contributed by atoms with Gasteiger partial charge < -0.3 is 5.48 Å². The fourth-order valence-corrected chi connectivity index (χ4v) is 0. The van der Waals surface area contributed by atoms with Gasteiger partial charge in [0.15, 0.2) is 0 Å². The van der Waals surface area contributed by atoms with Crippen LogP contribution in [-0.2, 0) is 19.5 Å². The van der Waals surface area contributed by atoms with Crippen LogP contribution in [0.5, 0.6) is 0 Å². The minimum Gasteiger partial charge on any atom is 0 e. The van der Waals surface area contributed by atoms with Crippen molar-refractivity contribution in [2.24, 2.45) is 0 Å². The normalized spacial score (nSPS) is 0. The Morgan fingerprint density at radius 2 is 1.00 bits per heavy atom. The van der Waals surface area contributed by atoms with Crippen molar-refractivity contribution in [2.45, 2.75) is 0 Å². The van der Waals surface area contributed by atoms with E-state index in [0.29, 0.717) is 0 Å². The van der Waals surface area contributed by atoms with Gasteiger partial charge >= 0.3 is 26.2 Å². The molecule has 0 rings (SSSR count). The van der Waals surface area contributed by atoms with Crippen LogP contribution in [0.3, 0.4) is 0 Å². The Morgan fingerprint density at radius 1 is 1.00 bits per heavy atom. The van der Waals surface area contributed by atoms with Crippen LogP contribution >= 0.6 is 13.5 Å². The Morgan fingerprint density at radius 3 is 1.00 bits per heavy atom. The van der Waals surface area contributed by atoms with Crippen LogP contribution in [0.4, 0.5) is 0 Å². The zero-order valence-corrected chi connectivity index (χ0v) is 11.9. The molecule has 0 aliphatic heterocycles. The molecule has 0 aliphatic rings. The summed E-state index contributed by atoms with van der Waals surface area (Å²) in [4.78, 5) is 0. The van der Waals surface area contributed by atoms with E-state index in [1.807, 2.05) is 0 Å². The molecular formula is H7BiOSZn. The van der Waals surface area contributed by atoms with Crippen LogP contribution in [0, 0.1) is 0 Å². The summed E-state index contributed by atoms with van der Waals surface area (Å²) in [5.41, 5.74) is 0. The Bertz CT molecular complexity index is 8.00. The van der Waals surface area contributed by atoms with Gasteiger partial charge in [-0.3, -0.25) is 0 Å². The molecule has 0 spiro atoms. The third-order valence-electron chi connectivity index (χ3n) is 0. The molecule has 0 radical (unpaired) electrons. The summed E-state index contributed by atoms with van der Waals surface area (Å²) in [6.45, 7) is 0. The molecule has 0 aromatic carbocycles. The molecule has 0 aromatic heterocycles. The Balaban J connectivity index is 0. The SMILES string of the molecule is O.S.[BiH3].[Zn]. The van der Waals surface area contributed by atoms with Crippen molar-refractivity contribution in [1.29, 1.82) is 0 Å². The molecule has 0 atom stereocenters. The zero-order valence-electron chi connectivity index (χ0n) is 2.41. The van der Waals surface area contributed by atoms with Crippen LogP contribution < -0.4 is 0 Å². The molecule has 0 saturated carbocycles. The number of hydrogen-bond donors (Lipinski definition) is 0. The van der Waals surface area contributed by atoms with E-state index in [0.717, 1.165) is 0 Å². The van der Waals surface area contributed by atoms with Gasteiger partial charge in [0.05, 0.1) is 0 Å². The molecule has 0 unspecified atom stereocenters. The van der Waals surface area contributed by atoms with E-state index < -0.39 is 0 Å². The van der Waals surface area contributed by atoms with Gasteiger partial charge in [-0.1, -0.05) is 0 Å². The van der Waals surface area contributed by atoms with Gasteiger partial charge in [0.25, 0.3) is 0 Å². The third kappa shape index (κ3) is 9.18. The summed E-state index contributed by atoms with van der Waals surface area (Å²) in [6, 6.07) is 0. The quantitative estimate of drug-likeness (QED) is 0.465. The molecule has 0 heterocycles.